The number of methoxy groups -OCH3 is 3. The van der Waals surface area contributed by atoms with Crippen LogP contribution in [0.25, 0.3) is 0 Å². The average Bonchev–Trinajstić information content (AvgIpc) is 2.67. The Balaban J connectivity index is 1.98. The molecule has 6 nitrogen and oxygen atoms in total. The summed E-state index contributed by atoms with van der Waals surface area (Å²) in [7, 11) is 4.65. The first kappa shape index (κ1) is 19.4. The van der Waals surface area contributed by atoms with Crippen LogP contribution in [0.4, 0.5) is 11.4 Å². The van der Waals surface area contributed by atoms with Crippen LogP contribution in [-0.4, -0.2) is 33.8 Å². The number of amides is 1. The van der Waals surface area contributed by atoms with Gasteiger partial charge in [0.1, 0.15) is 0 Å². The maximum Gasteiger partial charge on any atom is 0.243 e. The zero-order valence-electron chi connectivity index (χ0n) is 15.7. The molecule has 0 heterocycles. The fraction of sp³-hybridized carbons (Fsp3) is 0.350. The molecule has 0 aliphatic heterocycles. The van der Waals surface area contributed by atoms with Crippen molar-refractivity contribution in [3.8, 4) is 17.2 Å². The average molecular weight is 358 g/mol. The summed E-state index contributed by atoms with van der Waals surface area (Å²) in [6.45, 7) is 2.26. The fourth-order valence-electron chi connectivity index (χ4n) is 2.61. The number of ether oxygens (including phenoxy) is 3. The van der Waals surface area contributed by atoms with Crippen molar-refractivity contribution < 1.29 is 19.0 Å². The summed E-state index contributed by atoms with van der Waals surface area (Å²) in [5, 5.41) is 5.94. The molecule has 0 saturated heterocycles. The molecule has 2 rings (SSSR count). The molecule has 0 spiro atoms. The van der Waals surface area contributed by atoms with E-state index in [2.05, 4.69) is 17.6 Å². The van der Waals surface area contributed by atoms with Gasteiger partial charge in [-0.25, -0.2) is 0 Å². The predicted molar refractivity (Wildman–Crippen MR) is 104 cm³/mol. The maximum absolute atomic E-state index is 12.2. The smallest absolute Gasteiger partial charge is 0.243 e. The normalized spacial score (nSPS) is 10.2. The molecular weight excluding hydrogens is 332 g/mol. The van der Waals surface area contributed by atoms with Gasteiger partial charge >= 0.3 is 0 Å². The van der Waals surface area contributed by atoms with Gasteiger partial charge in [0, 0.05) is 23.5 Å². The molecular formula is C20H26N2O4. The summed E-state index contributed by atoms with van der Waals surface area (Å²) in [5.41, 5.74) is 2.75. The number of carbonyl (C=O) groups excluding carboxylic acids is 1. The van der Waals surface area contributed by atoms with Crippen LogP contribution < -0.4 is 24.8 Å². The van der Waals surface area contributed by atoms with Crippen LogP contribution in [0.5, 0.6) is 17.2 Å². The topological polar surface area (TPSA) is 68.8 Å². The summed E-state index contributed by atoms with van der Waals surface area (Å²) in [6, 6.07) is 11.4. The van der Waals surface area contributed by atoms with Crippen molar-refractivity contribution in [2.75, 3.05) is 38.5 Å². The second-order valence-electron chi connectivity index (χ2n) is 5.76. The lowest BCUT2D eigenvalue weighted by atomic mass is 10.1. The van der Waals surface area contributed by atoms with Crippen molar-refractivity contribution in [2.45, 2.75) is 19.8 Å². The van der Waals surface area contributed by atoms with Gasteiger partial charge in [-0.3, -0.25) is 4.79 Å². The summed E-state index contributed by atoms with van der Waals surface area (Å²) in [6.07, 6.45) is 2.14. The van der Waals surface area contributed by atoms with Gasteiger partial charge in [0.2, 0.25) is 11.7 Å². The highest BCUT2D eigenvalue weighted by atomic mass is 16.5. The third kappa shape index (κ3) is 5.05. The third-order valence-electron chi connectivity index (χ3n) is 3.89. The van der Waals surface area contributed by atoms with Crippen molar-refractivity contribution >= 4 is 17.3 Å². The van der Waals surface area contributed by atoms with Gasteiger partial charge in [-0.2, -0.15) is 0 Å². The van der Waals surface area contributed by atoms with Gasteiger partial charge in [0.15, 0.2) is 11.5 Å². The van der Waals surface area contributed by atoms with E-state index in [9.17, 15) is 4.79 Å². The molecule has 6 heteroatoms. The quantitative estimate of drug-likeness (QED) is 0.715. The first-order valence-corrected chi connectivity index (χ1v) is 8.54. The molecule has 0 saturated carbocycles. The molecule has 2 aromatic rings. The number of aryl methyl sites for hydroxylation is 1. The van der Waals surface area contributed by atoms with E-state index in [0.29, 0.717) is 22.9 Å². The molecule has 0 aliphatic carbocycles. The summed E-state index contributed by atoms with van der Waals surface area (Å²) in [4.78, 5) is 12.2. The van der Waals surface area contributed by atoms with E-state index in [1.54, 1.807) is 33.5 Å². The number of nitrogens with one attached hydrogen (secondary N) is 2. The van der Waals surface area contributed by atoms with E-state index in [0.717, 1.165) is 18.5 Å². The van der Waals surface area contributed by atoms with E-state index in [4.69, 9.17) is 14.2 Å². The largest absolute Gasteiger partial charge is 0.493 e. The highest BCUT2D eigenvalue weighted by Crippen LogP contribution is 2.39. The minimum absolute atomic E-state index is 0.120. The Morgan fingerprint density at radius 3 is 2.04 bits per heavy atom. The molecule has 1 amide bonds. The Bertz CT molecular complexity index is 704. The lowest BCUT2D eigenvalue weighted by molar-refractivity contribution is -0.114. The van der Waals surface area contributed by atoms with Crippen LogP contribution in [0.2, 0.25) is 0 Å². The van der Waals surface area contributed by atoms with Crippen molar-refractivity contribution in [1.82, 2.24) is 0 Å². The zero-order valence-corrected chi connectivity index (χ0v) is 15.7. The Kier molecular flexibility index (Phi) is 7.14. The van der Waals surface area contributed by atoms with Gasteiger partial charge in [-0.15, -0.1) is 0 Å². The molecule has 0 aliphatic rings. The third-order valence-corrected chi connectivity index (χ3v) is 3.89. The zero-order chi connectivity index (χ0) is 18.9. The summed E-state index contributed by atoms with van der Waals surface area (Å²) in [5.74, 6) is 1.43. The lowest BCUT2D eigenvalue weighted by Gasteiger charge is -2.15. The molecule has 0 atom stereocenters. The van der Waals surface area contributed by atoms with E-state index in [1.807, 2.05) is 24.3 Å². The van der Waals surface area contributed by atoms with Crippen LogP contribution in [0, 0.1) is 0 Å². The molecule has 0 fully saturated rings. The van der Waals surface area contributed by atoms with E-state index in [-0.39, 0.29) is 12.5 Å². The Labute approximate surface area is 154 Å². The maximum atomic E-state index is 12.2. The van der Waals surface area contributed by atoms with Gasteiger partial charge in [-0.1, -0.05) is 25.5 Å². The van der Waals surface area contributed by atoms with Crippen LogP contribution >= 0.6 is 0 Å². The summed E-state index contributed by atoms with van der Waals surface area (Å²) < 4.78 is 15.9. The van der Waals surface area contributed by atoms with Crippen LogP contribution in [0.3, 0.4) is 0 Å². The number of carbonyl (C=O) groups is 1. The predicted octanol–water partition coefficient (Wildman–Crippen LogP) is 3.72. The highest BCUT2D eigenvalue weighted by Gasteiger charge is 2.13. The van der Waals surface area contributed by atoms with E-state index >= 15 is 0 Å². The minimum atomic E-state index is -0.137. The Morgan fingerprint density at radius 1 is 0.923 bits per heavy atom. The fourth-order valence-corrected chi connectivity index (χ4v) is 2.61. The monoisotopic (exact) mass is 358 g/mol. The van der Waals surface area contributed by atoms with Crippen molar-refractivity contribution in [2.24, 2.45) is 0 Å². The van der Waals surface area contributed by atoms with Crippen molar-refractivity contribution in [1.29, 1.82) is 0 Å². The molecule has 0 unspecified atom stereocenters. The van der Waals surface area contributed by atoms with Crippen LogP contribution in [-0.2, 0) is 11.2 Å². The highest BCUT2D eigenvalue weighted by molar-refractivity contribution is 5.93. The first-order valence-electron chi connectivity index (χ1n) is 8.54. The number of benzene rings is 2. The minimum Gasteiger partial charge on any atom is -0.493 e. The second-order valence-corrected chi connectivity index (χ2v) is 5.76. The Morgan fingerprint density at radius 2 is 1.54 bits per heavy atom. The van der Waals surface area contributed by atoms with Gasteiger partial charge in [0.25, 0.3) is 0 Å². The number of hydrogen-bond donors (Lipinski definition) is 2. The van der Waals surface area contributed by atoms with Crippen LogP contribution in [0.1, 0.15) is 18.9 Å². The number of anilines is 2. The lowest BCUT2D eigenvalue weighted by Crippen LogP contribution is -2.21. The Hall–Kier alpha value is -2.89. The first-order chi connectivity index (χ1) is 12.6. The van der Waals surface area contributed by atoms with Crippen molar-refractivity contribution in [3.63, 3.8) is 0 Å². The molecule has 2 aromatic carbocycles. The van der Waals surface area contributed by atoms with Crippen LogP contribution in [0.15, 0.2) is 36.4 Å². The number of hydrogen-bond acceptors (Lipinski definition) is 5. The molecule has 0 aromatic heterocycles. The van der Waals surface area contributed by atoms with E-state index < -0.39 is 0 Å². The van der Waals surface area contributed by atoms with Gasteiger partial charge in [-0.05, 0) is 24.1 Å². The molecule has 140 valence electrons. The van der Waals surface area contributed by atoms with Crippen molar-refractivity contribution in [3.05, 3.63) is 42.0 Å². The van der Waals surface area contributed by atoms with Gasteiger partial charge in [0.05, 0.1) is 27.9 Å². The number of rotatable bonds is 9. The molecule has 0 bridgehead atoms. The van der Waals surface area contributed by atoms with E-state index in [1.165, 1.54) is 5.56 Å². The molecule has 0 radical (unpaired) electrons. The standard InChI is InChI=1S/C20H26N2O4/c1-5-6-14-7-9-15(10-8-14)22-19(23)13-21-16-11-17(24-2)20(26-4)18(12-16)25-3/h7-12,21H,5-6,13H2,1-4H3,(H,22,23). The summed E-state index contributed by atoms with van der Waals surface area (Å²) >= 11 is 0. The molecule has 2 N–H and O–H groups in total. The molecule has 26 heavy (non-hydrogen) atoms. The SMILES string of the molecule is CCCc1ccc(NC(=O)CNc2cc(OC)c(OC)c(OC)c2)cc1. The van der Waals surface area contributed by atoms with Gasteiger partial charge < -0.3 is 24.8 Å². The second kappa shape index (κ2) is 9.56.